The molecule has 148 valence electrons. The Labute approximate surface area is 167 Å². The lowest BCUT2D eigenvalue weighted by Crippen LogP contribution is -2.46. The highest BCUT2D eigenvalue weighted by Gasteiger charge is 2.33. The minimum absolute atomic E-state index is 0.0358. The zero-order valence-electron chi connectivity index (χ0n) is 17.2. The second kappa shape index (κ2) is 8.59. The van der Waals surface area contributed by atoms with Gasteiger partial charge in [0.1, 0.15) is 6.04 Å². The number of rotatable bonds is 5. The minimum Gasteiger partial charge on any atom is -0.343 e. The van der Waals surface area contributed by atoms with E-state index >= 15 is 0 Å². The van der Waals surface area contributed by atoms with Crippen molar-refractivity contribution in [2.75, 3.05) is 6.54 Å². The van der Waals surface area contributed by atoms with E-state index in [1.807, 2.05) is 12.1 Å². The number of benzene rings is 2. The van der Waals surface area contributed by atoms with Crippen molar-refractivity contribution in [3.8, 4) is 0 Å². The number of carbonyl (C=O) groups excluding carboxylic acids is 2. The monoisotopic (exact) mass is 378 g/mol. The number of amides is 2. The highest BCUT2D eigenvalue weighted by Crippen LogP contribution is 2.28. The summed E-state index contributed by atoms with van der Waals surface area (Å²) in [6, 6.07) is 16.0. The molecule has 1 N–H and O–H groups in total. The molecule has 1 heterocycles. The molecule has 1 saturated heterocycles. The van der Waals surface area contributed by atoms with E-state index in [0.717, 1.165) is 29.5 Å². The minimum atomic E-state index is -0.376. The van der Waals surface area contributed by atoms with E-state index in [4.69, 9.17) is 0 Å². The molecular weight excluding hydrogens is 348 g/mol. The van der Waals surface area contributed by atoms with Crippen LogP contribution in [0.15, 0.2) is 48.5 Å². The normalized spacial score (nSPS) is 17.6. The van der Waals surface area contributed by atoms with E-state index < -0.39 is 0 Å². The molecule has 1 aliphatic rings. The Bertz CT molecular complexity index is 842. The SMILES string of the molecule is CC(=O)N1CCCC1C(=O)NC(c1ccc(C(C)C)cc1)c1ccccc1C. The van der Waals surface area contributed by atoms with Gasteiger partial charge in [0.05, 0.1) is 6.04 Å². The van der Waals surface area contributed by atoms with E-state index in [1.54, 1.807) is 4.90 Å². The fraction of sp³-hybridized carbons (Fsp3) is 0.417. The van der Waals surface area contributed by atoms with Crippen molar-refractivity contribution >= 4 is 11.8 Å². The largest absolute Gasteiger partial charge is 0.343 e. The molecule has 2 atom stereocenters. The van der Waals surface area contributed by atoms with E-state index in [9.17, 15) is 9.59 Å². The number of hydrogen-bond donors (Lipinski definition) is 1. The van der Waals surface area contributed by atoms with Gasteiger partial charge < -0.3 is 10.2 Å². The highest BCUT2D eigenvalue weighted by molar-refractivity contribution is 5.88. The lowest BCUT2D eigenvalue weighted by molar-refractivity contribution is -0.137. The van der Waals surface area contributed by atoms with Crippen LogP contribution in [0.25, 0.3) is 0 Å². The predicted octanol–water partition coefficient (Wildman–Crippen LogP) is 4.33. The second-order valence-corrected chi connectivity index (χ2v) is 7.99. The zero-order valence-corrected chi connectivity index (χ0v) is 17.2. The van der Waals surface area contributed by atoms with Crippen molar-refractivity contribution in [3.63, 3.8) is 0 Å². The average Bonchev–Trinajstić information content (AvgIpc) is 3.17. The summed E-state index contributed by atoms with van der Waals surface area (Å²) in [5.41, 5.74) is 4.55. The van der Waals surface area contributed by atoms with Gasteiger partial charge in [-0.25, -0.2) is 0 Å². The number of nitrogens with one attached hydrogen (secondary N) is 1. The van der Waals surface area contributed by atoms with Gasteiger partial charge in [-0.3, -0.25) is 9.59 Å². The molecule has 1 fully saturated rings. The maximum atomic E-state index is 13.1. The average molecular weight is 379 g/mol. The summed E-state index contributed by atoms with van der Waals surface area (Å²) in [6.07, 6.45) is 1.59. The van der Waals surface area contributed by atoms with Crippen LogP contribution in [0.1, 0.15) is 67.8 Å². The molecule has 2 aromatic rings. The summed E-state index contributed by atoms with van der Waals surface area (Å²) in [4.78, 5) is 26.7. The molecule has 0 aliphatic carbocycles. The van der Waals surface area contributed by atoms with Crippen LogP contribution in [-0.2, 0) is 9.59 Å². The third-order valence-corrected chi connectivity index (χ3v) is 5.68. The number of carbonyl (C=O) groups is 2. The predicted molar refractivity (Wildman–Crippen MR) is 112 cm³/mol. The fourth-order valence-corrected chi connectivity index (χ4v) is 3.98. The zero-order chi connectivity index (χ0) is 20.3. The molecular formula is C24H30N2O2. The van der Waals surface area contributed by atoms with E-state index in [-0.39, 0.29) is 23.9 Å². The van der Waals surface area contributed by atoms with E-state index in [0.29, 0.717) is 12.5 Å². The first-order valence-electron chi connectivity index (χ1n) is 10.1. The lowest BCUT2D eigenvalue weighted by atomic mass is 9.92. The van der Waals surface area contributed by atoms with Crippen molar-refractivity contribution in [3.05, 3.63) is 70.8 Å². The molecule has 2 amide bonds. The van der Waals surface area contributed by atoms with Crippen LogP contribution in [0, 0.1) is 6.92 Å². The Balaban J connectivity index is 1.92. The molecule has 4 nitrogen and oxygen atoms in total. The fourth-order valence-electron chi connectivity index (χ4n) is 3.98. The molecule has 3 rings (SSSR count). The van der Waals surface area contributed by atoms with Gasteiger partial charge in [-0.2, -0.15) is 0 Å². The van der Waals surface area contributed by atoms with Crippen LogP contribution < -0.4 is 5.32 Å². The van der Waals surface area contributed by atoms with Gasteiger partial charge in [0.2, 0.25) is 11.8 Å². The molecule has 0 aromatic heterocycles. The van der Waals surface area contributed by atoms with Crippen molar-refractivity contribution in [2.24, 2.45) is 0 Å². The second-order valence-electron chi connectivity index (χ2n) is 7.99. The topological polar surface area (TPSA) is 49.4 Å². The summed E-state index contributed by atoms with van der Waals surface area (Å²) in [6.45, 7) is 8.60. The van der Waals surface area contributed by atoms with Crippen molar-refractivity contribution < 1.29 is 9.59 Å². The van der Waals surface area contributed by atoms with Gasteiger partial charge in [-0.15, -0.1) is 0 Å². The number of nitrogens with zero attached hydrogens (tertiary/aromatic N) is 1. The summed E-state index contributed by atoms with van der Waals surface area (Å²) in [5, 5.41) is 3.23. The van der Waals surface area contributed by atoms with Crippen LogP contribution in [0.4, 0.5) is 0 Å². The lowest BCUT2D eigenvalue weighted by Gasteiger charge is -2.27. The summed E-state index contributed by atoms with van der Waals surface area (Å²) in [5.74, 6) is 0.350. The van der Waals surface area contributed by atoms with Gasteiger partial charge in [0.15, 0.2) is 0 Å². The van der Waals surface area contributed by atoms with Gasteiger partial charge >= 0.3 is 0 Å². The molecule has 1 aliphatic heterocycles. The first kappa shape index (κ1) is 20.1. The Morgan fingerprint density at radius 1 is 1.04 bits per heavy atom. The summed E-state index contributed by atoms with van der Waals surface area (Å²) < 4.78 is 0. The molecule has 28 heavy (non-hydrogen) atoms. The quantitative estimate of drug-likeness (QED) is 0.842. The molecule has 2 unspecified atom stereocenters. The van der Waals surface area contributed by atoms with Gasteiger partial charge in [0.25, 0.3) is 0 Å². The first-order valence-corrected chi connectivity index (χ1v) is 10.1. The molecule has 0 saturated carbocycles. The Hall–Kier alpha value is -2.62. The number of hydrogen-bond acceptors (Lipinski definition) is 2. The Morgan fingerprint density at radius 3 is 2.29 bits per heavy atom. The van der Waals surface area contributed by atoms with Crippen LogP contribution in [0.2, 0.25) is 0 Å². The van der Waals surface area contributed by atoms with E-state index in [2.05, 4.69) is 62.5 Å². The molecule has 0 bridgehead atoms. The molecule has 2 aromatic carbocycles. The van der Waals surface area contributed by atoms with Crippen LogP contribution in [0.5, 0.6) is 0 Å². The summed E-state index contributed by atoms with van der Waals surface area (Å²) >= 11 is 0. The molecule has 0 radical (unpaired) electrons. The van der Waals surface area contributed by atoms with E-state index in [1.165, 1.54) is 12.5 Å². The summed E-state index contributed by atoms with van der Waals surface area (Å²) in [7, 11) is 0. The van der Waals surface area contributed by atoms with Crippen LogP contribution >= 0.6 is 0 Å². The van der Waals surface area contributed by atoms with Crippen molar-refractivity contribution in [2.45, 2.75) is 58.5 Å². The molecule has 0 spiro atoms. The Morgan fingerprint density at radius 2 is 1.68 bits per heavy atom. The maximum Gasteiger partial charge on any atom is 0.243 e. The third-order valence-electron chi connectivity index (χ3n) is 5.68. The maximum absolute atomic E-state index is 13.1. The Kier molecular flexibility index (Phi) is 6.18. The van der Waals surface area contributed by atoms with Crippen molar-refractivity contribution in [1.82, 2.24) is 10.2 Å². The van der Waals surface area contributed by atoms with Gasteiger partial charge in [-0.1, -0.05) is 62.4 Å². The van der Waals surface area contributed by atoms with Gasteiger partial charge in [0, 0.05) is 13.5 Å². The standard InChI is InChI=1S/C24H30N2O2/c1-16(2)19-11-13-20(14-12-19)23(21-9-6-5-8-17(21)3)25-24(28)22-10-7-15-26(22)18(4)27/h5-6,8-9,11-14,16,22-23H,7,10,15H2,1-4H3,(H,25,28). The third kappa shape index (κ3) is 4.27. The first-order chi connectivity index (χ1) is 13.4. The van der Waals surface area contributed by atoms with Crippen molar-refractivity contribution in [1.29, 1.82) is 0 Å². The molecule has 4 heteroatoms. The van der Waals surface area contributed by atoms with Crippen LogP contribution in [-0.4, -0.2) is 29.3 Å². The van der Waals surface area contributed by atoms with Crippen LogP contribution in [0.3, 0.4) is 0 Å². The number of likely N-dealkylation sites (tertiary alicyclic amines) is 1. The number of aryl methyl sites for hydroxylation is 1. The van der Waals surface area contributed by atoms with Gasteiger partial charge in [-0.05, 0) is 47.9 Å². The smallest absolute Gasteiger partial charge is 0.243 e. The highest BCUT2D eigenvalue weighted by atomic mass is 16.2.